The first-order chi connectivity index (χ1) is 8.22. The molecule has 5 nitrogen and oxygen atoms in total. The summed E-state index contributed by atoms with van der Waals surface area (Å²) in [5.41, 5.74) is 0. The predicted octanol–water partition coefficient (Wildman–Crippen LogP) is 1.88. The van der Waals surface area contributed by atoms with Gasteiger partial charge in [-0.15, -0.1) is 5.10 Å². The molecular weight excluding hydrogens is 234 g/mol. The van der Waals surface area contributed by atoms with Crippen molar-refractivity contribution < 1.29 is 0 Å². The van der Waals surface area contributed by atoms with Crippen molar-refractivity contribution >= 4 is 11.8 Å². The molecular formula is C11H21N5S. The number of rotatable bonds is 5. The second-order valence-electron chi connectivity index (χ2n) is 4.74. The van der Waals surface area contributed by atoms with Gasteiger partial charge in [-0.1, -0.05) is 31.5 Å². The third-order valence-electron chi connectivity index (χ3n) is 3.58. The summed E-state index contributed by atoms with van der Waals surface area (Å²) in [6.07, 6.45) is 5.04. The SMILES string of the molecule is CNC(C)C(C)Sc1nnnn1C1CCCC1. The fraction of sp³-hybridized carbons (Fsp3) is 0.909. The highest BCUT2D eigenvalue weighted by atomic mass is 32.2. The van der Waals surface area contributed by atoms with E-state index in [9.17, 15) is 0 Å². The Kier molecular flexibility index (Phi) is 4.39. The van der Waals surface area contributed by atoms with Crippen LogP contribution in [0.3, 0.4) is 0 Å². The van der Waals surface area contributed by atoms with Gasteiger partial charge in [-0.3, -0.25) is 0 Å². The molecule has 0 saturated heterocycles. The third kappa shape index (κ3) is 2.98. The Hall–Kier alpha value is -0.620. The lowest BCUT2D eigenvalue weighted by Gasteiger charge is -2.19. The van der Waals surface area contributed by atoms with Gasteiger partial charge in [0, 0.05) is 11.3 Å². The predicted molar refractivity (Wildman–Crippen MR) is 69.2 cm³/mol. The van der Waals surface area contributed by atoms with Gasteiger partial charge in [-0.25, -0.2) is 4.68 Å². The zero-order chi connectivity index (χ0) is 12.3. The lowest BCUT2D eigenvalue weighted by atomic mass is 10.3. The summed E-state index contributed by atoms with van der Waals surface area (Å²) in [6, 6.07) is 0.971. The lowest BCUT2D eigenvalue weighted by Crippen LogP contribution is -2.30. The minimum absolute atomic E-state index is 0.453. The van der Waals surface area contributed by atoms with E-state index in [4.69, 9.17) is 0 Å². The fourth-order valence-corrected chi connectivity index (χ4v) is 3.19. The van der Waals surface area contributed by atoms with E-state index >= 15 is 0 Å². The molecule has 1 saturated carbocycles. The number of nitrogens with one attached hydrogen (secondary N) is 1. The van der Waals surface area contributed by atoms with Gasteiger partial charge in [0.05, 0.1) is 6.04 Å². The zero-order valence-corrected chi connectivity index (χ0v) is 11.6. The molecule has 0 spiro atoms. The molecule has 1 aliphatic carbocycles. The van der Waals surface area contributed by atoms with Crippen LogP contribution in [0.5, 0.6) is 0 Å². The van der Waals surface area contributed by atoms with Gasteiger partial charge in [-0.2, -0.15) is 0 Å². The maximum Gasteiger partial charge on any atom is 0.209 e. The van der Waals surface area contributed by atoms with Crippen molar-refractivity contribution in [1.29, 1.82) is 0 Å². The number of tetrazole rings is 1. The average Bonchev–Trinajstić information content (AvgIpc) is 2.97. The molecule has 0 radical (unpaired) electrons. The van der Waals surface area contributed by atoms with Gasteiger partial charge in [0.1, 0.15) is 0 Å². The summed E-state index contributed by atoms with van der Waals surface area (Å²) in [4.78, 5) is 0. The molecule has 1 fully saturated rings. The summed E-state index contributed by atoms with van der Waals surface area (Å²) >= 11 is 1.76. The van der Waals surface area contributed by atoms with E-state index in [0.29, 0.717) is 17.3 Å². The van der Waals surface area contributed by atoms with Crippen molar-refractivity contribution in [3.05, 3.63) is 0 Å². The minimum Gasteiger partial charge on any atom is -0.316 e. The van der Waals surface area contributed by atoms with Gasteiger partial charge in [0.15, 0.2) is 0 Å². The van der Waals surface area contributed by atoms with Crippen LogP contribution in [-0.2, 0) is 0 Å². The molecule has 2 unspecified atom stereocenters. The molecule has 1 aromatic rings. The van der Waals surface area contributed by atoms with E-state index in [1.54, 1.807) is 11.8 Å². The molecule has 2 rings (SSSR count). The van der Waals surface area contributed by atoms with E-state index in [-0.39, 0.29) is 0 Å². The Labute approximate surface area is 107 Å². The van der Waals surface area contributed by atoms with E-state index in [1.807, 2.05) is 11.7 Å². The molecule has 2 atom stereocenters. The van der Waals surface area contributed by atoms with Crippen LogP contribution in [0.15, 0.2) is 5.16 Å². The standard InChI is InChI=1S/C11H21N5S/c1-8(12-3)9(2)17-11-13-14-15-16(11)10-6-4-5-7-10/h8-10,12H,4-7H2,1-3H3. The summed E-state index contributed by atoms with van der Waals surface area (Å²) in [6.45, 7) is 4.39. The van der Waals surface area contributed by atoms with E-state index < -0.39 is 0 Å². The molecule has 0 aromatic carbocycles. The first-order valence-electron chi connectivity index (χ1n) is 6.34. The van der Waals surface area contributed by atoms with Gasteiger partial charge >= 0.3 is 0 Å². The quantitative estimate of drug-likeness (QED) is 0.814. The normalized spacial score (nSPS) is 20.6. The maximum absolute atomic E-state index is 4.15. The second kappa shape index (κ2) is 5.82. The Morgan fingerprint density at radius 2 is 2.06 bits per heavy atom. The van der Waals surface area contributed by atoms with Crippen molar-refractivity contribution in [2.24, 2.45) is 0 Å². The van der Waals surface area contributed by atoms with Crippen LogP contribution in [0.2, 0.25) is 0 Å². The van der Waals surface area contributed by atoms with Crippen LogP contribution < -0.4 is 5.32 Å². The molecule has 0 amide bonds. The third-order valence-corrected chi connectivity index (χ3v) is 4.84. The Balaban J connectivity index is 2.03. The molecule has 6 heteroatoms. The van der Waals surface area contributed by atoms with Crippen molar-refractivity contribution in [3.8, 4) is 0 Å². The van der Waals surface area contributed by atoms with Crippen LogP contribution in [-0.4, -0.2) is 38.5 Å². The number of nitrogens with zero attached hydrogens (tertiary/aromatic N) is 4. The van der Waals surface area contributed by atoms with E-state index in [0.717, 1.165) is 5.16 Å². The highest BCUT2D eigenvalue weighted by Gasteiger charge is 2.23. The van der Waals surface area contributed by atoms with Crippen LogP contribution in [0.4, 0.5) is 0 Å². The molecule has 1 aliphatic rings. The molecule has 1 N–H and O–H groups in total. The van der Waals surface area contributed by atoms with Crippen LogP contribution >= 0.6 is 11.8 Å². The number of hydrogen-bond donors (Lipinski definition) is 1. The summed E-state index contributed by atoms with van der Waals surface area (Å²) < 4.78 is 2.02. The van der Waals surface area contributed by atoms with Crippen LogP contribution in [0.25, 0.3) is 0 Å². The smallest absolute Gasteiger partial charge is 0.209 e. The van der Waals surface area contributed by atoms with Gasteiger partial charge < -0.3 is 5.32 Å². The van der Waals surface area contributed by atoms with E-state index in [2.05, 4.69) is 34.7 Å². The van der Waals surface area contributed by atoms with Gasteiger partial charge in [0.25, 0.3) is 0 Å². The molecule has 0 aliphatic heterocycles. The van der Waals surface area contributed by atoms with Gasteiger partial charge in [-0.05, 0) is 37.2 Å². The van der Waals surface area contributed by atoms with Crippen molar-refractivity contribution in [2.75, 3.05) is 7.05 Å². The monoisotopic (exact) mass is 255 g/mol. The van der Waals surface area contributed by atoms with Crippen LogP contribution in [0.1, 0.15) is 45.6 Å². The fourth-order valence-electron chi connectivity index (χ4n) is 2.14. The topological polar surface area (TPSA) is 55.6 Å². The van der Waals surface area contributed by atoms with Crippen molar-refractivity contribution in [2.45, 2.75) is 62.0 Å². The first-order valence-corrected chi connectivity index (χ1v) is 7.22. The molecule has 96 valence electrons. The first kappa shape index (κ1) is 12.8. The number of hydrogen-bond acceptors (Lipinski definition) is 5. The lowest BCUT2D eigenvalue weighted by molar-refractivity contribution is 0.422. The largest absolute Gasteiger partial charge is 0.316 e. The Morgan fingerprint density at radius 1 is 1.35 bits per heavy atom. The summed E-state index contributed by atoms with van der Waals surface area (Å²) in [5, 5.41) is 16.8. The molecule has 17 heavy (non-hydrogen) atoms. The Morgan fingerprint density at radius 3 is 2.71 bits per heavy atom. The Bertz CT molecular complexity index is 347. The zero-order valence-electron chi connectivity index (χ0n) is 10.8. The minimum atomic E-state index is 0.453. The van der Waals surface area contributed by atoms with E-state index in [1.165, 1.54) is 25.7 Å². The molecule has 1 heterocycles. The molecule has 0 bridgehead atoms. The maximum atomic E-state index is 4.15. The van der Waals surface area contributed by atoms with Crippen molar-refractivity contribution in [1.82, 2.24) is 25.5 Å². The number of thioether (sulfide) groups is 1. The molecule has 1 aromatic heterocycles. The van der Waals surface area contributed by atoms with Gasteiger partial charge in [0.2, 0.25) is 5.16 Å². The summed E-state index contributed by atoms with van der Waals surface area (Å²) in [7, 11) is 1.99. The average molecular weight is 255 g/mol. The number of aromatic nitrogens is 4. The highest BCUT2D eigenvalue weighted by Crippen LogP contribution is 2.32. The van der Waals surface area contributed by atoms with Crippen LogP contribution in [0, 0.1) is 0 Å². The second-order valence-corrected chi connectivity index (χ2v) is 6.09. The highest BCUT2D eigenvalue weighted by molar-refractivity contribution is 7.99. The van der Waals surface area contributed by atoms with Crippen molar-refractivity contribution in [3.63, 3.8) is 0 Å². The summed E-state index contributed by atoms with van der Waals surface area (Å²) in [5.74, 6) is 0.